The third-order valence-electron chi connectivity index (χ3n) is 7.25. The third kappa shape index (κ3) is 5.65. The Labute approximate surface area is 218 Å². The van der Waals surface area contributed by atoms with Crippen LogP contribution in [0.4, 0.5) is 0 Å². The van der Waals surface area contributed by atoms with E-state index in [0.29, 0.717) is 30.2 Å². The highest BCUT2D eigenvalue weighted by atomic mass is 16.6. The van der Waals surface area contributed by atoms with Crippen molar-refractivity contribution in [2.45, 2.75) is 20.0 Å². The summed E-state index contributed by atoms with van der Waals surface area (Å²) >= 11 is 0. The fourth-order valence-electron chi connectivity index (χ4n) is 5.32. The fraction of sp³-hybridized carbons (Fsp3) is 0.448. The van der Waals surface area contributed by atoms with E-state index in [1.807, 2.05) is 19.1 Å². The van der Waals surface area contributed by atoms with Crippen LogP contribution in [0.5, 0.6) is 11.5 Å². The minimum Gasteiger partial charge on any atom is -0.496 e. The second kappa shape index (κ2) is 11.4. The molecule has 2 unspecified atom stereocenters. The number of rotatable bonds is 8. The minimum atomic E-state index is -0.180. The molecule has 0 aromatic heterocycles. The number of methoxy groups -OCH3 is 1. The van der Waals surface area contributed by atoms with E-state index < -0.39 is 0 Å². The Bertz CT molecular complexity index is 1170. The average Bonchev–Trinajstić information content (AvgIpc) is 3.32. The fourth-order valence-corrected chi connectivity index (χ4v) is 5.32. The van der Waals surface area contributed by atoms with E-state index in [4.69, 9.17) is 14.3 Å². The smallest absolute Gasteiger partial charge is 0.255 e. The summed E-state index contributed by atoms with van der Waals surface area (Å²) < 4.78 is 11.6. The summed E-state index contributed by atoms with van der Waals surface area (Å²) in [7, 11) is 1.57. The number of hydrogen-bond acceptors (Lipinski definition) is 7. The zero-order chi connectivity index (χ0) is 25.8. The van der Waals surface area contributed by atoms with Gasteiger partial charge in [0.25, 0.3) is 5.91 Å². The molecule has 0 bridgehead atoms. The maximum atomic E-state index is 12.5. The molecule has 0 saturated carbocycles. The van der Waals surface area contributed by atoms with Crippen LogP contribution < -0.4 is 14.8 Å². The van der Waals surface area contributed by atoms with Crippen molar-refractivity contribution >= 4 is 17.7 Å². The van der Waals surface area contributed by atoms with Crippen molar-refractivity contribution < 1.29 is 19.1 Å². The van der Waals surface area contributed by atoms with Gasteiger partial charge in [0.15, 0.2) is 6.10 Å². The summed E-state index contributed by atoms with van der Waals surface area (Å²) in [6, 6.07) is 14.1. The van der Waals surface area contributed by atoms with E-state index in [-0.39, 0.29) is 17.9 Å². The first-order valence-electron chi connectivity index (χ1n) is 13.1. The number of hydrogen-bond donors (Lipinski definition) is 1. The molecule has 1 fully saturated rings. The quantitative estimate of drug-likeness (QED) is 0.595. The van der Waals surface area contributed by atoms with E-state index in [1.54, 1.807) is 13.2 Å². The molecule has 1 amide bonds. The number of fused-ring (bicyclic) bond motifs is 3. The van der Waals surface area contributed by atoms with Gasteiger partial charge in [0.1, 0.15) is 23.8 Å². The van der Waals surface area contributed by atoms with Crippen LogP contribution in [0.15, 0.2) is 53.2 Å². The van der Waals surface area contributed by atoms with Crippen molar-refractivity contribution in [3.05, 3.63) is 64.7 Å². The molecular formula is C29H36N4O4. The number of carbonyl (C=O) groups is 1. The van der Waals surface area contributed by atoms with Crippen LogP contribution in [0.25, 0.3) is 6.08 Å². The predicted molar refractivity (Wildman–Crippen MR) is 144 cm³/mol. The van der Waals surface area contributed by atoms with E-state index in [2.05, 4.69) is 57.5 Å². The summed E-state index contributed by atoms with van der Waals surface area (Å²) in [6.07, 6.45) is 2.22. The normalized spacial score (nSPS) is 21.8. The maximum absolute atomic E-state index is 12.5. The number of nitrogens with one attached hydrogen (secondary N) is 1. The number of ether oxygens (including phenoxy) is 2. The van der Waals surface area contributed by atoms with Gasteiger partial charge in [-0.25, -0.2) is 0 Å². The van der Waals surface area contributed by atoms with Gasteiger partial charge in [-0.2, -0.15) is 0 Å². The van der Waals surface area contributed by atoms with Gasteiger partial charge in [-0.15, -0.1) is 0 Å². The highest BCUT2D eigenvalue weighted by Gasteiger charge is 2.41. The van der Waals surface area contributed by atoms with Gasteiger partial charge in [0, 0.05) is 51.4 Å². The largest absolute Gasteiger partial charge is 0.496 e. The predicted octanol–water partition coefficient (Wildman–Crippen LogP) is 3.28. The Morgan fingerprint density at radius 1 is 1.16 bits per heavy atom. The molecule has 3 heterocycles. The summed E-state index contributed by atoms with van der Waals surface area (Å²) in [4.78, 5) is 23.4. The highest BCUT2D eigenvalue weighted by molar-refractivity contribution is 6.08. The zero-order valence-electron chi connectivity index (χ0n) is 21.9. The number of benzene rings is 2. The molecule has 2 atom stereocenters. The molecule has 1 N–H and O–H groups in total. The zero-order valence-corrected chi connectivity index (χ0v) is 21.9. The summed E-state index contributed by atoms with van der Waals surface area (Å²) in [6.45, 7) is 11.0. The van der Waals surface area contributed by atoms with Gasteiger partial charge in [-0.3, -0.25) is 14.6 Å². The van der Waals surface area contributed by atoms with Crippen LogP contribution in [0, 0.1) is 5.92 Å². The third-order valence-corrected chi connectivity index (χ3v) is 7.25. The molecule has 5 rings (SSSR count). The standard InChI is InChI=1S/C29H36N4O4/c1-4-30-29(34)23-16-26-22(15-25(23)35-3)28-24(19-36-26)27(37-31-28)18-33-12-10-32(11-13-33)17-20(2)14-21-8-6-5-7-9-21/h5-9,14-16,24,27H,4,10-13,17-19H2,1-3H3,(H,30,34). The lowest BCUT2D eigenvalue weighted by molar-refractivity contribution is 0.0101. The summed E-state index contributed by atoms with van der Waals surface area (Å²) in [5.74, 6) is 1.03. The maximum Gasteiger partial charge on any atom is 0.255 e. The Morgan fingerprint density at radius 2 is 1.92 bits per heavy atom. The van der Waals surface area contributed by atoms with Gasteiger partial charge in [0.05, 0.1) is 18.6 Å². The highest BCUT2D eigenvalue weighted by Crippen LogP contribution is 2.38. The van der Waals surface area contributed by atoms with E-state index in [9.17, 15) is 4.79 Å². The molecule has 2 aromatic rings. The van der Waals surface area contributed by atoms with Gasteiger partial charge in [-0.1, -0.05) is 47.1 Å². The van der Waals surface area contributed by atoms with Crippen LogP contribution in [-0.4, -0.2) is 87.1 Å². The number of carbonyl (C=O) groups excluding carboxylic acids is 1. The molecule has 2 aromatic carbocycles. The Hall–Kier alpha value is -3.36. The average molecular weight is 505 g/mol. The lowest BCUT2D eigenvalue weighted by atomic mass is 9.89. The van der Waals surface area contributed by atoms with Crippen molar-refractivity contribution in [2.75, 3.05) is 59.5 Å². The molecule has 196 valence electrons. The first kappa shape index (κ1) is 25.3. The van der Waals surface area contributed by atoms with Crippen LogP contribution in [-0.2, 0) is 4.84 Å². The Balaban J connectivity index is 1.17. The molecule has 8 nitrogen and oxygen atoms in total. The number of nitrogens with zero attached hydrogens (tertiary/aromatic N) is 3. The molecule has 8 heteroatoms. The monoisotopic (exact) mass is 504 g/mol. The van der Waals surface area contributed by atoms with Crippen LogP contribution in [0.1, 0.15) is 35.3 Å². The van der Waals surface area contributed by atoms with Gasteiger partial charge in [0.2, 0.25) is 0 Å². The number of amides is 1. The van der Waals surface area contributed by atoms with E-state index in [1.165, 1.54) is 11.1 Å². The lowest BCUT2D eigenvalue weighted by Crippen LogP contribution is -2.50. The SMILES string of the molecule is CCNC(=O)c1cc2c(cc1OC)C1=NOC(CN3CCN(CC(C)=Cc4ccccc4)CC3)C1CO2. The first-order valence-corrected chi connectivity index (χ1v) is 13.1. The van der Waals surface area contributed by atoms with E-state index in [0.717, 1.165) is 50.5 Å². The molecule has 1 saturated heterocycles. The molecular weight excluding hydrogens is 468 g/mol. The van der Waals surface area contributed by atoms with Crippen molar-refractivity contribution in [1.82, 2.24) is 15.1 Å². The van der Waals surface area contributed by atoms with Crippen molar-refractivity contribution in [1.29, 1.82) is 0 Å². The number of piperazine rings is 1. The topological polar surface area (TPSA) is 75.6 Å². The molecule has 0 aliphatic carbocycles. The van der Waals surface area contributed by atoms with Crippen molar-refractivity contribution in [2.24, 2.45) is 11.1 Å². The van der Waals surface area contributed by atoms with Crippen molar-refractivity contribution in [3.8, 4) is 11.5 Å². The molecule has 3 aliphatic heterocycles. The van der Waals surface area contributed by atoms with E-state index >= 15 is 0 Å². The van der Waals surface area contributed by atoms with Crippen LogP contribution >= 0.6 is 0 Å². The van der Waals surface area contributed by atoms with Crippen LogP contribution in [0.3, 0.4) is 0 Å². The van der Waals surface area contributed by atoms with Gasteiger partial charge in [-0.05, 0) is 31.5 Å². The first-order chi connectivity index (χ1) is 18.1. The second-order valence-electron chi connectivity index (χ2n) is 9.92. The molecule has 3 aliphatic rings. The molecule has 0 spiro atoms. The van der Waals surface area contributed by atoms with Crippen molar-refractivity contribution in [3.63, 3.8) is 0 Å². The van der Waals surface area contributed by atoms with Gasteiger partial charge >= 0.3 is 0 Å². The summed E-state index contributed by atoms with van der Waals surface area (Å²) in [5, 5.41) is 7.29. The minimum absolute atomic E-state index is 0.0523. The Morgan fingerprint density at radius 3 is 2.65 bits per heavy atom. The van der Waals surface area contributed by atoms with Crippen LogP contribution in [0.2, 0.25) is 0 Å². The van der Waals surface area contributed by atoms with Gasteiger partial charge < -0.3 is 19.6 Å². The second-order valence-corrected chi connectivity index (χ2v) is 9.92. The number of oxime groups is 1. The summed E-state index contributed by atoms with van der Waals surface area (Å²) in [5.41, 5.74) is 4.81. The lowest BCUT2D eigenvalue weighted by Gasteiger charge is -2.36. The molecule has 37 heavy (non-hydrogen) atoms. The Kier molecular flexibility index (Phi) is 7.76. The molecule has 0 radical (unpaired) electrons.